The molecular formula is C19H17ClN4O2. The number of halogens is 1. The van der Waals surface area contributed by atoms with Gasteiger partial charge < -0.3 is 9.80 Å². The van der Waals surface area contributed by atoms with Gasteiger partial charge >= 0.3 is 0 Å². The van der Waals surface area contributed by atoms with Crippen molar-refractivity contribution in [2.75, 3.05) is 36.0 Å². The van der Waals surface area contributed by atoms with Crippen LogP contribution in [0.5, 0.6) is 0 Å². The van der Waals surface area contributed by atoms with Gasteiger partial charge in [-0.3, -0.25) is 15.1 Å². The summed E-state index contributed by atoms with van der Waals surface area (Å²) in [6.45, 7) is 3.32. The summed E-state index contributed by atoms with van der Waals surface area (Å²) in [6.07, 6.45) is 3.24. The third kappa shape index (κ3) is 2.93. The number of benzene rings is 2. The average molecular weight is 369 g/mol. The molecule has 0 N–H and O–H groups in total. The Labute approximate surface area is 155 Å². The third-order valence-corrected chi connectivity index (χ3v) is 5.10. The van der Waals surface area contributed by atoms with Gasteiger partial charge in [-0.05, 0) is 24.3 Å². The summed E-state index contributed by atoms with van der Waals surface area (Å²) in [5.74, 6) is 0. The van der Waals surface area contributed by atoms with Crippen LogP contribution in [0.25, 0.3) is 10.8 Å². The first-order valence-corrected chi connectivity index (χ1v) is 8.78. The molecule has 2 heterocycles. The fourth-order valence-electron chi connectivity index (χ4n) is 3.49. The molecule has 0 atom stereocenters. The fraction of sp³-hybridized carbons (Fsp3) is 0.211. The molecule has 3 aromatic rings. The van der Waals surface area contributed by atoms with E-state index in [0.717, 1.165) is 48.0 Å². The van der Waals surface area contributed by atoms with Crippen molar-refractivity contribution in [1.29, 1.82) is 0 Å². The average Bonchev–Trinajstić information content (AvgIpc) is 2.67. The number of fused-ring (bicyclic) bond motifs is 1. The van der Waals surface area contributed by atoms with Gasteiger partial charge in [0.2, 0.25) is 0 Å². The molecular weight excluding hydrogens is 352 g/mol. The Kier molecular flexibility index (Phi) is 4.34. The van der Waals surface area contributed by atoms with E-state index in [1.54, 1.807) is 18.5 Å². The van der Waals surface area contributed by atoms with Crippen LogP contribution < -0.4 is 9.80 Å². The molecule has 0 unspecified atom stereocenters. The molecule has 4 rings (SSSR count). The van der Waals surface area contributed by atoms with Gasteiger partial charge in [-0.1, -0.05) is 23.7 Å². The molecule has 0 radical (unpaired) electrons. The minimum absolute atomic E-state index is 0.0894. The highest BCUT2D eigenvalue weighted by atomic mass is 35.5. The molecule has 26 heavy (non-hydrogen) atoms. The van der Waals surface area contributed by atoms with E-state index >= 15 is 0 Å². The van der Waals surface area contributed by atoms with Crippen molar-refractivity contribution in [3.63, 3.8) is 0 Å². The predicted molar refractivity (Wildman–Crippen MR) is 104 cm³/mol. The Morgan fingerprint density at radius 2 is 1.62 bits per heavy atom. The standard InChI is InChI=1S/C19H17ClN4O2/c20-16-3-1-2-4-19(16)23-11-9-22(10-12-23)17-5-6-18(24(25)26)15-13-21-8-7-14(15)17/h1-8,13H,9-12H2. The number of non-ortho nitro benzene ring substituents is 1. The number of rotatable bonds is 3. The van der Waals surface area contributed by atoms with E-state index < -0.39 is 0 Å². The summed E-state index contributed by atoms with van der Waals surface area (Å²) in [5.41, 5.74) is 2.14. The van der Waals surface area contributed by atoms with Crippen molar-refractivity contribution in [3.8, 4) is 0 Å². The maximum Gasteiger partial charge on any atom is 0.278 e. The van der Waals surface area contributed by atoms with Crippen LogP contribution >= 0.6 is 11.6 Å². The van der Waals surface area contributed by atoms with Crippen LogP contribution in [0.3, 0.4) is 0 Å². The quantitative estimate of drug-likeness (QED) is 0.514. The predicted octanol–water partition coefficient (Wildman–Crippen LogP) is 4.12. The Morgan fingerprint density at radius 3 is 2.31 bits per heavy atom. The number of nitro groups is 1. The van der Waals surface area contributed by atoms with E-state index in [4.69, 9.17) is 11.6 Å². The first kappa shape index (κ1) is 16.6. The molecule has 132 valence electrons. The van der Waals surface area contributed by atoms with Crippen LogP contribution in [0.1, 0.15) is 0 Å². The molecule has 1 aliphatic rings. The number of para-hydroxylation sites is 1. The maximum atomic E-state index is 11.3. The highest BCUT2D eigenvalue weighted by Crippen LogP contribution is 2.34. The smallest absolute Gasteiger partial charge is 0.278 e. The topological polar surface area (TPSA) is 62.5 Å². The SMILES string of the molecule is O=[N+]([O-])c1ccc(N2CCN(c3ccccc3Cl)CC2)c2ccncc12. The zero-order valence-corrected chi connectivity index (χ0v) is 14.8. The zero-order valence-electron chi connectivity index (χ0n) is 14.0. The number of anilines is 2. The fourth-order valence-corrected chi connectivity index (χ4v) is 3.75. The normalized spacial score (nSPS) is 14.7. The summed E-state index contributed by atoms with van der Waals surface area (Å²) < 4.78 is 0. The molecule has 1 saturated heterocycles. The Morgan fingerprint density at radius 1 is 0.923 bits per heavy atom. The first-order valence-electron chi connectivity index (χ1n) is 8.40. The molecule has 0 spiro atoms. The molecule has 0 amide bonds. The summed E-state index contributed by atoms with van der Waals surface area (Å²) in [4.78, 5) is 19.5. The van der Waals surface area contributed by atoms with E-state index in [0.29, 0.717) is 5.39 Å². The minimum atomic E-state index is -0.358. The van der Waals surface area contributed by atoms with Gasteiger partial charge in [0.15, 0.2) is 0 Å². The maximum absolute atomic E-state index is 11.3. The number of hydrogen-bond donors (Lipinski definition) is 0. The van der Waals surface area contributed by atoms with E-state index in [-0.39, 0.29) is 10.6 Å². The molecule has 0 saturated carbocycles. The van der Waals surface area contributed by atoms with Gasteiger partial charge in [0.1, 0.15) is 0 Å². The van der Waals surface area contributed by atoms with E-state index in [1.165, 1.54) is 0 Å². The van der Waals surface area contributed by atoms with Crippen LogP contribution in [0.4, 0.5) is 17.1 Å². The Hall–Kier alpha value is -2.86. The van der Waals surface area contributed by atoms with Gasteiger partial charge in [-0.25, -0.2) is 0 Å². The lowest BCUT2D eigenvalue weighted by Crippen LogP contribution is -2.46. The molecule has 0 aliphatic carbocycles. The zero-order chi connectivity index (χ0) is 18.1. The van der Waals surface area contributed by atoms with Crippen molar-refractivity contribution >= 4 is 39.4 Å². The lowest BCUT2D eigenvalue weighted by Gasteiger charge is -2.38. The molecule has 2 aromatic carbocycles. The summed E-state index contributed by atoms with van der Waals surface area (Å²) in [6, 6.07) is 13.1. The number of nitrogens with zero attached hydrogens (tertiary/aromatic N) is 4. The second-order valence-corrected chi connectivity index (χ2v) is 6.61. The van der Waals surface area contributed by atoms with Crippen LogP contribution in [0.2, 0.25) is 5.02 Å². The van der Waals surface area contributed by atoms with E-state index in [9.17, 15) is 10.1 Å². The molecule has 7 heteroatoms. The minimum Gasteiger partial charge on any atom is -0.367 e. The monoisotopic (exact) mass is 368 g/mol. The highest BCUT2D eigenvalue weighted by molar-refractivity contribution is 6.33. The number of hydrogen-bond acceptors (Lipinski definition) is 5. The molecule has 6 nitrogen and oxygen atoms in total. The van der Waals surface area contributed by atoms with Crippen molar-refractivity contribution < 1.29 is 4.92 Å². The molecule has 1 fully saturated rings. The van der Waals surface area contributed by atoms with Crippen molar-refractivity contribution in [2.24, 2.45) is 0 Å². The largest absolute Gasteiger partial charge is 0.367 e. The van der Waals surface area contributed by atoms with Gasteiger partial charge in [-0.15, -0.1) is 0 Å². The van der Waals surface area contributed by atoms with Crippen LogP contribution in [-0.4, -0.2) is 36.1 Å². The van der Waals surface area contributed by atoms with Crippen LogP contribution in [0, 0.1) is 10.1 Å². The molecule has 1 aromatic heterocycles. The van der Waals surface area contributed by atoms with Gasteiger partial charge in [-0.2, -0.15) is 0 Å². The summed E-state index contributed by atoms with van der Waals surface area (Å²) >= 11 is 6.31. The summed E-state index contributed by atoms with van der Waals surface area (Å²) in [5, 5.41) is 13.5. The van der Waals surface area contributed by atoms with E-state index in [1.807, 2.05) is 36.4 Å². The second kappa shape index (κ2) is 6.80. The second-order valence-electron chi connectivity index (χ2n) is 6.21. The number of pyridine rings is 1. The van der Waals surface area contributed by atoms with Gasteiger partial charge in [0, 0.05) is 55.7 Å². The first-order chi connectivity index (χ1) is 12.6. The number of piperazine rings is 1. The lowest BCUT2D eigenvalue weighted by molar-refractivity contribution is -0.383. The lowest BCUT2D eigenvalue weighted by atomic mass is 10.1. The Bertz CT molecular complexity index is 971. The number of aromatic nitrogens is 1. The third-order valence-electron chi connectivity index (χ3n) is 4.78. The molecule has 0 bridgehead atoms. The van der Waals surface area contributed by atoms with Crippen molar-refractivity contribution in [1.82, 2.24) is 4.98 Å². The van der Waals surface area contributed by atoms with Crippen LogP contribution in [0.15, 0.2) is 54.9 Å². The Balaban J connectivity index is 1.62. The highest BCUT2D eigenvalue weighted by Gasteiger charge is 2.22. The molecule has 1 aliphatic heterocycles. The van der Waals surface area contributed by atoms with Gasteiger partial charge in [0.05, 0.1) is 21.0 Å². The van der Waals surface area contributed by atoms with Crippen molar-refractivity contribution in [2.45, 2.75) is 0 Å². The van der Waals surface area contributed by atoms with Gasteiger partial charge in [0.25, 0.3) is 5.69 Å². The van der Waals surface area contributed by atoms with Crippen LogP contribution in [-0.2, 0) is 0 Å². The van der Waals surface area contributed by atoms with Crippen molar-refractivity contribution in [3.05, 3.63) is 70.0 Å². The summed E-state index contributed by atoms with van der Waals surface area (Å²) in [7, 11) is 0. The van der Waals surface area contributed by atoms with E-state index in [2.05, 4.69) is 14.8 Å². The number of nitro benzene ring substituents is 1.